The number of aromatic nitrogens is 2. The van der Waals surface area contributed by atoms with Crippen molar-refractivity contribution in [2.75, 3.05) is 0 Å². The molecule has 0 fully saturated rings. The van der Waals surface area contributed by atoms with Crippen LogP contribution in [0.3, 0.4) is 0 Å². The first-order chi connectivity index (χ1) is 12.7. The molecule has 0 saturated carbocycles. The van der Waals surface area contributed by atoms with Crippen LogP contribution in [0, 0.1) is 11.3 Å². The molecule has 4 aromatic rings. The lowest BCUT2D eigenvalue weighted by molar-refractivity contribution is -0.119. The maximum atomic E-state index is 12.5. The number of aryl methyl sites for hydroxylation is 1. The van der Waals surface area contributed by atoms with Gasteiger partial charge < -0.3 is 4.42 Å². The van der Waals surface area contributed by atoms with Crippen molar-refractivity contribution in [3.63, 3.8) is 0 Å². The Morgan fingerprint density at radius 1 is 1.12 bits per heavy atom. The van der Waals surface area contributed by atoms with Crippen molar-refractivity contribution in [3.05, 3.63) is 59.4 Å². The second kappa shape index (κ2) is 7.06. The van der Waals surface area contributed by atoms with E-state index in [4.69, 9.17) is 4.42 Å². The molecule has 0 saturated heterocycles. The first kappa shape index (κ1) is 16.4. The van der Waals surface area contributed by atoms with Gasteiger partial charge in [0, 0.05) is 6.42 Å². The Kier molecular flexibility index (Phi) is 4.46. The summed E-state index contributed by atoms with van der Waals surface area (Å²) in [5.41, 5.74) is 2.23. The van der Waals surface area contributed by atoms with Crippen molar-refractivity contribution in [3.8, 4) is 6.07 Å². The summed E-state index contributed by atoms with van der Waals surface area (Å²) in [6.45, 7) is 0. The number of hydrogen-bond donors (Lipinski definition) is 0. The quantitative estimate of drug-likeness (QED) is 0.500. The molecule has 2 aromatic carbocycles. The number of thiazole rings is 1. The number of fused-ring (bicyclic) bond motifs is 2. The van der Waals surface area contributed by atoms with E-state index in [-0.39, 0.29) is 11.7 Å². The van der Waals surface area contributed by atoms with E-state index in [1.54, 1.807) is 23.5 Å². The van der Waals surface area contributed by atoms with Gasteiger partial charge >= 0.3 is 0 Å². The number of carbonyl (C=O) groups excluding carboxylic acids is 1. The fourth-order valence-corrected chi connectivity index (χ4v) is 3.87. The molecular formula is C20H15N3O2S. The standard InChI is InChI=1S/C20H15N3O2S/c21-12-13(20-23-14-6-1-3-9-17(14)25-20)16(24)8-5-11-19-22-15-7-2-4-10-18(15)26-19/h1-4,6-7,9-10,13H,5,8,11H2. The number of ketones is 1. The van der Waals surface area contributed by atoms with Crippen molar-refractivity contribution in [1.29, 1.82) is 5.26 Å². The molecule has 0 aliphatic heterocycles. The number of oxazole rings is 1. The van der Waals surface area contributed by atoms with Gasteiger partial charge in [-0.25, -0.2) is 9.97 Å². The summed E-state index contributed by atoms with van der Waals surface area (Å²) in [6.07, 6.45) is 1.67. The second-order valence-corrected chi connectivity index (χ2v) is 7.09. The number of nitriles is 1. The van der Waals surface area contributed by atoms with Gasteiger partial charge in [0.25, 0.3) is 0 Å². The van der Waals surface area contributed by atoms with Gasteiger partial charge in [0.05, 0.1) is 21.3 Å². The van der Waals surface area contributed by atoms with Gasteiger partial charge in [-0.05, 0) is 37.1 Å². The summed E-state index contributed by atoms with van der Waals surface area (Å²) >= 11 is 1.64. The number of benzene rings is 2. The first-order valence-corrected chi connectivity index (χ1v) is 9.18. The van der Waals surface area contributed by atoms with Crippen LogP contribution in [0.4, 0.5) is 0 Å². The SMILES string of the molecule is N#CC(C(=O)CCCc1nc2ccccc2s1)c1nc2ccccc2o1. The fourth-order valence-electron chi connectivity index (χ4n) is 2.86. The molecule has 128 valence electrons. The zero-order valence-corrected chi connectivity index (χ0v) is 14.7. The number of nitrogens with zero attached hydrogens (tertiary/aromatic N) is 3. The van der Waals surface area contributed by atoms with E-state index in [0.29, 0.717) is 23.9 Å². The zero-order chi connectivity index (χ0) is 17.9. The van der Waals surface area contributed by atoms with Crippen molar-refractivity contribution in [2.45, 2.75) is 25.2 Å². The molecule has 6 heteroatoms. The number of carbonyl (C=O) groups is 1. The van der Waals surface area contributed by atoms with E-state index in [9.17, 15) is 10.1 Å². The third-order valence-corrected chi connectivity index (χ3v) is 5.26. The molecule has 1 unspecified atom stereocenters. The molecule has 5 nitrogen and oxygen atoms in total. The molecule has 0 bridgehead atoms. The minimum atomic E-state index is -0.960. The van der Waals surface area contributed by atoms with Crippen LogP contribution in [0.2, 0.25) is 0 Å². The van der Waals surface area contributed by atoms with Crippen LogP contribution in [0.1, 0.15) is 29.7 Å². The third-order valence-electron chi connectivity index (χ3n) is 4.16. The van der Waals surface area contributed by atoms with Gasteiger partial charge in [-0.3, -0.25) is 4.79 Å². The summed E-state index contributed by atoms with van der Waals surface area (Å²) in [5, 5.41) is 10.4. The van der Waals surface area contributed by atoms with Crippen molar-refractivity contribution in [2.24, 2.45) is 0 Å². The van der Waals surface area contributed by atoms with E-state index < -0.39 is 5.92 Å². The Balaban J connectivity index is 1.42. The summed E-state index contributed by atoms with van der Waals surface area (Å²) in [4.78, 5) is 21.3. The summed E-state index contributed by atoms with van der Waals surface area (Å²) in [5.74, 6) is -0.948. The lowest BCUT2D eigenvalue weighted by atomic mass is 10.0. The molecule has 26 heavy (non-hydrogen) atoms. The van der Waals surface area contributed by atoms with Crippen molar-refractivity contribution in [1.82, 2.24) is 9.97 Å². The molecule has 1 atom stereocenters. The monoisotopic (exact) mass is 361 g/mol. The normalized spacial score (nSPS) is 12.3. The van der Waals surface area contributed by atoms with Crippen LogP contribution in [-0.4, -0.2) is 15.8 Å². The average Bonchev–Trinajstić information content (AvgIpc) is 3.25. The largest absolute Gasteiger partial charge is 0.439 e. The van der Waals surface area contributed by atoms with Crippen LogP contribution in [-0.2, 0) is 11.2 Å². The second-order valence-electron chi connectivity index (χ2n) is 5.98. The van der Waals surface area contributed by atoms with Crippen LogP contribution in [0.25, 0.3) is 21.3 Å². The van der Waals surface area contributed by atoms with E-state index in [0.717, 1.165) is 21.6 Å². The van der Waals surface area contributed by atoms with Gasteiger partial charge in [0.2, 0.25) is 5.89 Å². The van der Waals surface area contributed by atoms with Gasteiger partial charge in [0.15, 0.2) is 17.3 Å². The van der Waals surface area contributed by atoms with E-state index in [2.05, 4.69) is 9.97 Å². The summed E-state index contributed by atoms with van der Waals surface area (Å²) < 4.78 is 6.73. The Labute approximate surface area is 153 Å². The smallest absolute Gasteiger partial charge is 0.220 e. The Morgan fingerprint density at radius 2 is 1.88 bits per heavy atom. The molecule has 0 amide bonds. The molecule has 4 rings (SSSR count). The topological polar surface area (TPSA) is 79.8 Å². The summed E-state index contributed by atoms with van der Waals surface area (Å²) in [6, 6.07) is 17.3. The van der Waals surface area contributed by atoms with E-state index in [1.165, 1.54) is 0 Å². The molecule has 0 aliphatic rings. The Hall–Kier alpha value is -3.04. The minimum Gasteiger partial charge on any atom is -0.439 e. The number of rotatable bonds is 6. The molecule has 0 radical (unpaired) electrons. The highest BCUT2D eigenvalue weighted by atomic mass is 32.1. The lowest BCUT2D eigenvalue weighted by Crippen LogP contribution is -2.11. The van der Waals surface area contributed by atoms with Crippen LogP contribution < -0.4 is 0 Å². The van der Waals surface area contributed by atoms with E-state index in [1.807, 2.05) is 42.5 Å². The minimum absolute atomic E-state index is 0.167. The Morgan fingerprint density at radius 3 is 2.65 bits per heavy atom. The summed E-state index contributed by atoms with van der Waals surface area (Å²) in [7, 11) is 0. The van der Waals surface area contributed by atoms with Crippen molar-refractivity contribution >= 4 is 38.4 Å². The molecule has 2 heterocycles. The van der Waals surface area contributed by atoms with Gasteiger partial charge in [-0.15, -0.1) is 11.3 Å². The number of Topliss-reactive ketones (excluding diaryl/α,β-unsaturated/α-hetero) is 1. The molecule has 0 spiro atoms. The first-order valence-electron chi connectivity index (χ1n) is 8.37. The maximum absolute atomic E-state index is 12.5. The predicted molar refractivity (Wildman–Crippen MR) is 99.9 cm³/mol. The number of para-hydroxylation sites is 3. The molecule has 2 aromatic heterocycles. The average molecular weight is 361 g/mol. The third kappa shape index (κ3) is 3.22. The van der Waals surface area contributed by atoms with Crippen LogP contribution in [0.15, 0.2) is 52.9 Å². The van der Waals surface area contributed by atoms with Gasteiger partial charge in [-0.2, -0.15) is 5.26 Å². The van der Waals surface area contributed by atoms with E-state index >= 15 is 0 Å². The highest BCUT2D eigenvalue weighted by molar-refractivity contribution is 7.18. The van der Waals surface area contributed by atoms with Gasteiger partial charge in [-0.1, -0.05) is 24.3 Å². The maximum Gasteiger partial charge on any atom is 0.220 e. The Bertz CT molecular complexity index is 1060. The predicted octanol–water partition coefficient (Wildman–Crippen LogP) is 4.64. The van der Waals surface area contributed by atoms with Crippen LogP contribution in [0.5, 0.6) is 0 Å². The fraction of sp³-hybridized carbons (Fsp3) is 0.200. The highest BCUT2D eigenvalue weighted by Crippen LogP contribution is 2.25. The lowest BCUT2D eigenvalue weighted by Gasteiger charge is -2.03. The molecule has 0 aliphatic carbocycles. The molecule has 0 N–H and O–H groups in total. The van der Waals surface area contributed by atoms with Crippen molar-refractivity contribution < 1.29 is 9.21 Å². The zero-order valence-electron chi connectivity index (χ0n) is 13.9. The molecular weight excluding hydrogens is 346 g/mol. The number of hydrogen-bond acceptors (Lipinski definition) is 6. The van der Waals surface area contributed by atoms with Gasteiger partial charge in [0.1, 0.15) is 5.52 Å². The highest BCUT2D eigenvalue weighted by Gasteiger charge is 2.25. The van der Waals surface area contributed by atoms with Crippen LogP contribution >= 0.6 is 11.3 Å².